The van der Waals surface area contributed by atoms with Crippen molar-refractivity contribution in [2.24, 2.45) is 7.05 Å². The van der Waals surface area contributed by atoms with Crippen LogP contribution < -0.4 is 5.32 Å². The minimum absolute atomic E-state index is 0.520. The number of aromatic nitrogens is 2. The Morgan fingerprint density at radius 3 is 2.79 bits per heavy atom. The molecule has 1 heterocycles. The van der Waals surface area contributed by atoms with Crippen molar-refractivity contribution in [1.29, 1.82) is 0 Å². The largest absolute Gasteiger partial charge is 0.309 e. The molecule has 0 bridgehead atoms. The van der Waals surface area contributed by atoms with Crippen LogP contribution in [0.2, 0.25) is 0 Å². The van der Waals surface area contributed by atoms with Crippen LogP contribution in [0.15, 0.2) is 12.3 Å². The Labute approximate surface area is 94.0 Å². The lowest BCUT2D eigenvalue weighted by molar-refractivity contribution is 0.508. The van der Waals surface area contributed by atoms with Crippen molar-refractivity contribution in [1.82, 2.24) is 15.1 Å². The molecular formula is C10H18BrN3. The first-order chi connectivity index (χ1) is 6.58. The molecule has 0 amide bonds. The van der Waals surface area contributed by atoms with Crippen molar-refractivity contribution < 1.29 is 0 Å². The average molecular weight is 260 g/mol. The van der Waals surface area contributed by atoms with Crippen LogP contribution in [0.1, 0.15) is 26.0 Å². The Morgan fingerprint density at radius 2 is 2.29 bits per heavy atom. The van der Waals surface area contributed by atoms with E-state index in [9.17, 15) is 0 Å². The lowest BCUT2D eigenvalue weighted by atomic mass is 10.2. The predicted molar refractivity (Wildman–Crippen MR) is 62.5 cm³/mol. The summed E-state index contributed by atoms with van der Waals surface area (Å²) in [5, 5.41) is 7.74. The predicted octanol–water partition coefficient (Wildman–Crippen LogP) is 2.07. The normalized spacial score (nSPS) is 15.4. The van der Waals surface area contributed by atoms with E-state index in [0.717, 1.165) is 18.7 Å². The van der Waals surface area contributed by atoms with E-state index in [4.69, 9.17) is 0 Å². The van der Waals surface area contributed by atoms with Gasteiger partial charge in [-0.2, -0.15) is 5.10 Å². The van der Waals surface area contributed by atoms with Gasteiger partial charge in [0, 0.05) is 30.7 Å². The number of aryl methyl sites for hydroxylation is 1. The average Bonchev–Trinajstić information content (AvgIpc) is 2.47. The Balaban J connectivity index is 2.26. The van der Waals surface area contributed by atoms with Crippen LogP contribution >= 0.6 is 15.9 Å². The first-order valence-corrected chi connectivity index (χ1v) is 5.85. The highest BCUT2D eigenvalue weighted by Gasteiger charge is 2.05. The van der Waals surface area contributed by atoms with Crippen molar-refractivity contribution in [3.05, 3.63) is 18.0 Å². The lowest BCUT2D eigenvalue weighted by Gasteiger charge is -2.13. The first-order valence-electron chi connectivity index (χ1n) is 4.94. The molecule has 1 aromatic rings. The summed E-state index contributed by atoms with van der Waals surface area (Å²) in [6.07, 6.45) is 3.10. The minimum atomic E-state index is 0.520. The fourth-order valence-electron chi connectivity index (χ4n) is 1.41. The minimum Gasteiger partial charge on any atom is -0.309 e. The Kier molecular flexibility index (Phi) is 4.62. The maximum Gasteiger partial charge on any atom is 0.0762 e. The summed E-state index contributed by atoms with van der Waals surface area (Å²) in [7, 11) is 1.94. The van der Waals surface area contributed by atoms with Crippen molar-refractivity contribution in [3.8, 4) is 0 Å². The molecule has 0 aliphatic carbocycles. The summed E-state index contributed by atoms with van der Waals surface area (Å²) in [6, 6.07) is 2.56. The summed E-state index contributed by atoms with van der Waals surface area (Å²) in [5.41, 5.74) is 1.10. The molecule has 1 rings (SSSR count). The fourth-order valence-corrected chi connectivity index (χ4v) is 1.97. The van der Waals surface area contributed by atoms with E-state index in [-0.39, 0.29) is 0 Å². The molecule has 3 nitrogen and oxygen atoms in total. The molecular weight excluding hydrogens is 242 g/mol. The van der Waals surface area contributed by atoms with E-state index in [1.807, 2.05) is 24.0 Å². The smallest absolute Gasteiger partial charge is 0.0762 e. The Morgan fingerprint density at radius 1 is 1.57 bits per heavy atom. The van der Waals surface area contributed by atoms with Gasteiger partial charge in [-0.15, -0.1) is 0 Å². The second-order valence-corrected chi connectivity index (χ2v) is 5.34. The number of rotatable bonds is 5. The van der Waals surface area contributed by atoms with Crippen LogP contribution in [-0.4, -0.2) is 20.6 Å². The van der Waals surface area contributed by atoms with E-state index in [1.165, 1.54) is 0 Å². The highest BCUT2D eigenvalue weighted by Crippen LogP contribution is 2.07. The van der Waals surface area contributed by atoms with E-state index in [1.54, 1.807) is 0 Å². The molecule has 2 atom stereocenters. The van der Waals surface area contributed by atoms with Gasteiger partial charge in [0.1, 0.15) is 0 Å². The molecule has 0 saturated carbocycles. The molecule has 0 spiro atoms. The molecule has 0 fully saturated rings. The number of alkyl halides is 1. The summed E-state index contributed by atoms with van der Waals surface area (Å²) < 4.78 is 1.83. The first kappa shape index (κ1) is 11.7. The van der Waals surface area contributed by atoms with Gasteiger partial charge in [-0.1, -0.05) is 22.9 Å². The number of hydrogen-bond acceptors (Lipinski definition) is 2. The maximum absolute atomic E-state index is 4.30. The van der Waals surface area contributed by atoms with Gasteiger partial charge in [-0.05, 0) is 19.4 Å². The fraction of sp³-hybridized carbons (Fsp3) is 0.700. The number of halogens is 1. The summed E-state index contributed by atoms with van der Waals surface area (Å²) in [5.74, 6) is 0. The van der Waals surface area contributed by atoms with Crippen LogP contribution in [0.25, 0.3) is 0 Å². The molecule has 0 aromatic carbocycles. The zero-order valence-electron chi connectivity index (χ0n) is 9.00. The van der Waals surface area contributed by atoms with E-state index in [0.29, 0.717) is 10.9 Å². The van der Waals surface area contributed by atoms with Gasteiger partial charge in [-0.3, -0.25) is 4.68 Å². The number of nitrogens with one attached hydrogen (secondary N) is 1. The second kappa shape index (κ2) is 5.51. The third-order valence-corrected chi connectivity index (χ3v) is 2.45. The van der Waals surface area contributed by atoms with Gasteiger partial charge in [0.25, 0.3) is 0 Å². The van der Waals surface area contributed by atoms with Crippen LogP contribution in [0.3, 0.4) is 0 Å². The molecule has 0 saturated heterocycles. The molecule has 1 N–H and O–H groups in total. The summed E-state index contributed by atoms with van der Waals surface area (Å²) in [4.78, 5) is 0.564. The Hall–Kier alpha value is -0.350. The third-order valence-electron chi connectivity index (χ3n) is 2.08. The molecule has 14 heavy (non-hydrogen) atoms. The standard InChI is InChI=1S/C10H18BrN3/c1-8(11)6-9(2)12-7-10-4-5-14(3)13-10/h4-5,8-9,12H,6-7H2,1-3H3. The monoisotopic (exact) mass is 259 g/mol. The van der Waals surface area contributed by atoms with Gasteiger partial charge in [0.2, 0.25) is 0 Å². The summed E-state index contributed by atoms with van der Waals surface area (Å²) >= 11 is 3.55. The molecule has 4 heteroatoms. The van der Waals surface area contributed by atoms with Gasteiger partial charge in [0.15, 0.2) is 0 Å². The van der Waals surface area contributed by atoms with Crippen molar-refractivity contribution >= 4 is 15.9 Å². The van der Waals surface area contributed by atoms with Crippen molar-refractivity contribution in [2.45, 2.75) is 37.7 Å². The van der Waals surface area contributed by atoms with Crippen molar-refractivity contribution in [3.63, 3.8) is 0 Å². The van der Waals surface area contributed by atoms with E-state index >= 15 is 0 Å². The van der Waals surface area contributed by atoms with Crippen LogP contribution in [0, 0.1) is 0 Å². The molecule has 2 unspecified atom stereocenters. The van der Waals surface area contributed by atoms with Crippen LogP contribution in [0.5, 0.6) is 0 Å². The summed E-state index contributed by atoms with van der Waals surface area (Å²) in [6.45, 7) is 5.21. The van der Waals surface area contributed by atoms with Gasteiger partial charge in [-0.25, -0.2) is 0 Å². The van der Waals surface area contributed by atoms with Gasteiger partial charge >= 0.3 is 0 Å². The van der Waals surface area contributed by atoms with Crippen LogP contribution in [-0.2, 0) is 13.6 Å². The molecule has 0 radical (unpaired) electrons. The lowest BCUT2D eigenvalue weighted by Crippen LogP contribution is -2.27. The SMILES string of the molecule is CC(Br)CC(C)NCc1ccn(C)n1. The molecule has 1 aromatic heterocycles. The topological polar surface area (TPSA) is 29.9 Å². The molecule has 80 valence electrons. The van der Waals surface area contributed by atoms with E-state index in [2.05, 4.69) is 40.2 Å². The van der Waals surface area contributed by atoms with Gasteiger partial charge < -0.3 is 5.32 Å². The maximum atomic E-state index is 4.30. The molecule has 0 aliphatic rings. The number of nitrogens with zero attached hydrogens (tertiary/aromatic N) is 2. The van der Waals surface area contributed by atoms with Crippen molar-refractivity contribution in [2.75, 3.05) is 0 Å². The third kappa shape index (κ3) is 4.24. The highest BCUT2D eigenvalue weighted by atomic mass is 79.9. The molecule has 0 aliphatic heterocycles. The highest BCUT2D eigenvalue weighted by molar-refractivity contribution is 9.09. The van der Waals surface area contributed by atoms with Crippen LogP contribution in [0.4, 0.5) is 0 Å². The van der Waals surface area contributed by atoms with E-state index < -0.39 is 0 Å². The van der Waals surface area contributed by atoms with Gasteiger partial charge in [0.05, 0.1) is 5.69 Å². The Bertz CT molecular complexity index is 270. The number of hydrogen-bond donors (Lipinski definition) is 1. The second-order valence-electron chi connectivity index (χ2n) is 3.78. The zero-order valence-corrected chi connectivity index (χ0v) is 10.6. The zero-order chi connectivity index (χ0) is 10.6. The quantitative estimate of drug-likeness (QED) is 0.821.